The summed E-state index contributed by atoms with van der Waals surface area (Å²) in [6.45, 7) is 4.15. The van der Waals surface area contributed by atoms with Gasteiger partial charge in [-0.1, -0.05) is 0 Å². The van der Waals surface area contributed by atoms with Crippen molar-refractivity contribution in [3.63, 3.8) is 0 Å². The molecule has 0 bridgehead atoms. The van der Waals surface area contributed by atoms with Gasteiger partial charge in [0.05, 0.1) is 17.5 Å². The molecule has 0 saturated carbocycles. The van der Waals surface area contributed by atoms with Crippen molar-refractivity contribution in [1.82, 2.24) is 19.8 Å². The first kappa shape index (κ1) is 18.2. The van der Waals surface area contributed by atoms with Crippen LogP contribution in [0, 0.1) is 0 Å². The van der Waals surface area contributed by atoms with E-state index in [1.54, 1.807) is 24.6 Å². The summed E-state index contributed by atoms with van der Waals surface area (Å²) >= 11 is 1.63. The summed E-state index contributed by atoms with van der Waals surface area (Å²) in [7, 11) is 1.59. The van der Waals surface area contributed by atoms with Crippen molar-refractivity contribution < 1.29 is 14.3 Å². The number of carbonyl (C=O) groups excluding carboxylic acids is 2. The van der Waals surface area contributed by atoms with E-state index in [9.17, 15) is 9.59 Å². The van der Waals surface area contributed by atoms with Crippen molar-refractivity contribution in [3.8, 4) is 0 Å². The van der Waals surface area contributed by atoms with Gasteiger partial charge in [0, 0.05) is 37.8 Å². The van der Waals surface area contributed by atoms with Crippen LogP contribution in [0.4, 0.5) is 0 Å². The number of carbonyl (C=O) groups is 2. The number of nitrogens with one attached hydrogen (secondary N) is 1. The van der Waals surface area contributed by atoms with Crippen LogP contribution in [0.1, 0.15) is 55.8 Å². The Kier molecular flexibility index (Phi) is 5.01. The van der Waals surface area contributed by atoms with Crippen molar-refractivity contribution in [2.45, 2.75) is 38.8 Å². The maximum Gasteiger partial charge on any atom is 0.271 e. The van der Waals surface area contributed by atoms with Gasteiger partial charge in [-0.05, 0) is 37.8 Å². The van der Waals surface area contributed by atoms with Gasteiger partial charge in [0.1, 0.15) is 11.5 Å². The van der Waals surface area contributed by atoms with Crippen LogP contribution < -0.4 is 5.32 Å². The minimum Gasteiger partial charge on any atom is -0.383 e. The second-order valence-electron chi connectivity index (χ2n) is 7.01. The molecule has 1 unspecified atom stereocenters. The Balaban J connectivity index is 1.49. The van der Waals surface area contributed by atoms with E-state index < -0.39 is 0 Å². The number of fused-ring (bicyclic) bond motifs is 2. The van der Waals surface area contributed by atoms with E-state index in [0.29, 0.717) is 31.9 Å². The summed E-state index contributed by atoms with van der Waals surface area (Å²) in [4.78, 5) is 33.8. The van der Waals surface area contributed by atoms with Gasteiger partial charge in [-0.2, -0.15) is 0 Å². The van der Waals surface area contributed by atoms with E-state index in [0.717, 1.165) is 23.5 Å². The Bertz CT molecular complexity index is 851. The van der Waals surface area contributed by atoms with Gasteiger partial charge in [-0.15, -0.1) is 11.3 Å². The molecule has 0 spiro atoms. The lowest BCUT2D eigenvalue weighted by atomic mass is 10.2. The molecular formula is C19H24N4O3S. The van der Waals surface area contributed by atoms with Crippen LogP contribution in [0.2, 0.25) is 0 Å². The quantitative estimate of drug-likeness (QED) is 0.795. The molecule has 0 radical (unpaired) electrons. The minimum atomic E-state index is -0.214. The molecule has 7 nitrogen and oxygen atoms in total. The molecule has 1 aliphatic carbocycles. The summed E-state index contributed by atoms with van der Waals surface area (Å²) in [5, 5.41) is 2.79. The van der Waals surface area contributed by atoms with Gasteiger partial charge in [0.25, 0.3) is 11.8 Å². The van der Waals surface area contributed by atoms with Gasteiger partial charge >= 0.3 is 0 Å². The summed E-state index contributed by atoms with van der Waals surface area (Å²) in [6, 6.07) is 1.90. The highest BCUT2D eigenvalue weighted by molar-refractivity contribution is 7.14. The molecule has 3 heterocycles. The van der Waals surface area contributed by atoms with Crippen molar-refractivity contribution in [3.05, 3.63) is 39.1 Å². The van der Waals surface area contributed by atoms with Gasteiger partial charge in [-0.25, -0.2) is 4.98 Å². The summed E-state index contributed by atoms with van der Waals surface area (Å²) < 4.78 is 6.93. The van der Waals surface area contributed by atoms with Crippen LogP contribution in [0.5, 0.6) is 0 Å². The summed E-state index contributed by atoms with van der Waals surface area (Å²) in [6.07, 6.45) is 5.15. The predicted octanol–water partition coefficient (Wildman–Crippen LogP) is 2.03. The zero-order chi connectivity index (χ0) is 19.0. The van der Waals surface area contributed by atoms with Crippen molar-refractivity contribution in [2.75, 3.05) is 26.8 Å². The van der Waals surface area contributed by atoms with Gasteiger partial charge in [0.2, 0.25) is 0 Å². The van der Waals surface area contributed by atoms with Crippen molar-refractivity contribution in [1.29, 1.82) is 0 Å². The largest absolute Gasteiger partial charge is 0.383 e. The number of aromatic nitrogens is 2. The normalized spacial score (nSPS) is 18.3. The smallest absolute Gasteiger partial charge is 0.271 e. The molecule has 0 fully saturated rings. The summed E-state index contributed by atoms with van der Waals surface area (Å²) in [5.74, 6) is 0.617. The van der Waals surface area contributed by atoms with Crippen LogP contribution in [0.15, 0.2) is 12.3 Å². The van der Waals surface area contributed by atoms with E-state index in [-0.39, 0.29) is 17.9 Å². The van der Waals surface area contributed by atoms with E-state index in [4.69, 9.17) is 4.74 Å². The number of aryl methyl sites for hydroxylation is 2. The number of methoxy groups -OCH3 is 1. The van der Waals surface area contributed by atoms with Gasteiger partial charge in [0.15, 0.2) is 0 Å². The Morgan fingerprint density at radius 2 is 2.22 bits per heavy atom. The molecule has 27 heavy (non-hydrogen) atoms. The highest BCUT2D eigenvalue weighted by Gasteiger charge is 2.32. The second kappa shape index (κ2) is 7.44. The zero-order valence-corrected chi connectivity index (χ0v) is 16.5. The fourth-order valence-electron chi connectivity index (χ4n) is 3.81. The molecule has 1 atom stereocenters. The molecule has 1 N–H and O–H groups in total. The topological polar surface area (TPSA) is 76.5 Å². The SMILES string of the molecule is COCCNC(=O)c1cn2c(n1)C(C)N(C(=O)c1cc3c(s1)CCC3)CC2. The van der Waals surface area contributed by atoms with Crippen LogP contribution in [-0.4, -0.2) is 53.1 Å². The average molecular weight is 388 g/mol. The van der Waals surface area contributed by atoms with Crippen LogP contribution in [0.25, 0.3) is 0 Å². The highest BCUT2D eigenvalue weighted by Crippen LogP contribution is 2.33. The number of hydrogen-bond donors (Lipinski definition) is 1. The highest BCUT2D eigenvalue weighted by atomic mass is 32.1. The van der Waals surface area contributed by atoms with E-state index in [1.807, 2.05) is 16.4 Å². The average Bonchev–Trinajstić information content (AvgIpc) is 3.36. The molecule has 2 amide bonds. The third-order valence-corrected chi connectivity index (χ3v) is 6.50. The molecule has 2 aromatic rings. The molecule has 8 heteroatoms. The number of imidazole rings is 1. The Labute approximate surface area is 162 Å². The molecule has 2 aliphatic rings. The van der Waals surface area contributed by atoms with Crippen LogP contribution >= 0.6 is 11.3 Å². The Morgan fingerprint density at radius 3 is 3.00 bits per heavy atom. The lowest BCUT2D eigenvalue weighted by Gasteiger charge is -2.33. The monoisotopic (exact) mass is 388 g/mol. The molecule has 0 saturated heterocycles. The molecule has 2 aromatic heterocycles. The number of ether oxygens (including phenoxy) is 1. The minimum absolute atomic E-state index is 0.0715. The molecule has 0 aromatic carbocycles. The lowest BCUT2D eigenvalue weighted by molar-refractivity contribution is 0.0643. The fourth-order valence-corrected chi connectivity index (χ4v) is 5.02. The first-order valence-corrected chi connectivity index (χ1v) is 10.2. The van der Waals surface area contributed by atoms with Crippen molar-refractivity contribution in [2.24, 2.45) is 0 Å². The first-order chi connectivity index (χ1) is 13.1. The number of amides is 2. The maximum absolute atomic E-state index is 13.0. The number of hydrogen-bond acceptors (Lipinski definition) is 5. The number of nitrogens with zero attached hydrogens (tertiary/aromatic N) is 3. The third-order valence-electron chi connectivity index (χ3n) is 5.27. The first-order valence-electron chi connectivity index (χ1n) is 9.35. The van der Waals surface area contributed by atoms with E-state index >= 15 is 0 Å². The number of thiophene rings is 1. The Hall–Kier alpha value is -2.19. The lowest BCUT2D eigenvalue weighted by Crippen LogP contribution is -2.40. The molecule has 144 valence electrons. The van der Waals surface area contributed by atoms with E-state index in [2.05, 4.69) is 16.4 Å². The van der Waals surface area contributed by atoms with Crippen LogP contribution in [0.3, 0.4) is 0 Å². The van der Waals surface area contributed by atoms with E-state index in [1.165, 1.54) is 16.9 Å². The molecular weight excluding hydrogens is 364 g/mol. The fraction of sp³-hybridized carbons (Fsp3) is 0.526. The predicted molar refractivity (Wildman–Crippen MR) is 102 cm³/mol. The van der Waals surface area contributed by atoms with Gasteiger partial charge in [-0.3, -0.25) is 9.59 Å². The van der Waals surface area contributed by atoms with Crippen LogP contribution in [-0.2, 0) is 24.1 Å². The standard InChI is InChI=1S/C19H24N4O3S/c1-12-17-21-14(18(24)20-6-9-26-2)11-22(17)7-8-23(12)19(25)16-10-13-4-3-5-15(13)27-16/h10-12H,3-9H2,1-2H3,(H,20,24). The molecule has 1 aliphatic heterocycles. The van der Waals surface area contributed by atoms with Crippen molar-refractivity contribution >= 4 is 23.2 Å². The maximum atomic E-state index is 13.0. The van der Waals surface area contributed by atoms with Gasteiger partial charge < -0.3 is 19.5 Å². The second-order valence-corrected chi connectivity index (χ2v) is 8.15. The molecule has 4 rings (SSSR count). The zero-order valence-electron chi connectivity index (χ0n) is 15.7. The third kappa shape index (κ3) is 3.39. The number of rotatable bonds is 5. The Morgan fingerprint density at radius 1 is 1.37 bits per heavy atom. The summed E-state index contributed by atoms with van der Waals surface area (Å²) in [5.41, 5.74) is 1.72.